The second kappa shape index (κ2) is 6.27. The highest BCUT2D eigenvalue weighted by molar-refractivity contribution is 6.34. The molecule has 0 aliphatic heterocycles. The predicted octanol–water partition coefficient (Wildman–Crippen LogP) is 7.36. The van der Waals surface area contributed by atoms with E-state index in [4.69, 9.17) is 34.2 Å². The number of hydrogen-bond donors (Lipinski definition) is 0. The van der Waals surface area contributed by atoms with Crippen LogP contribution in [0.15, 0.2) is 96.9 Å². The molecule has 0 radical (unpaired) electrons. The van der Waals surface area contributed by atoms with Crippen LogP contribution in [0.5, 0.6) is 0 Å². The van der Waals surface area contributed by atoms with Crippen LogP contribution in [0.25, 0.3) is 11.1 Å². The minimum Gasteiger partial charge on any atom is -0.0843 e. The van der Waals surface area contributed by atoms with E-state index in [0.29, 0.717) is 11.1 Å². The highest BCUT2D eigenvalue weighted by Gasteiger charge is 2.45. The fraction of sp³-hybridized carbons (Fsp3) is 0.0400. The summed E-state index contributed by atoms with van der Waals surface area (Å²) in [5, 5.41) is 0.555. The van der Waals surface area contributed by atoms with E-state index in [1.54, 1.807) is 42.5 Å². The molecule has 0 spiro atoms. The lowest BCUT2D eigenvalue weighted by atomic mass is 9.68. The molecule has 0 heterocycles. The summed E-state index contributed by atoms with van der Waals surface area (Å²) in [6, 6.07) is 10.3. The second-order valence-electron chi connectivity index (χ2n) is 6.27. The van der Waals surface area contributed by atoms with Crippen molar-refractivity contribution in [1.82, 2.24) is 0 Å². The molecular weight excluding hydrogens is 371 g/mol. The lowest BCUT2D eigenvalue weighted by Crippen LogP contribution is -2.28. The molecule has 0 saturated heterocycles. The van der Waals surface area contributed by atoms with Gasteiger partial charge in [-0.25, -0.2) is 0 Å². The molecular formula is C25H16Cl2. The Bertz CT molecular complexity index is 1460. The second-order valence-corrected chi connectivity index (χ2v) is 7.15. The van der Waals surface area contributed by atoms with Crippen LogP contribution in [-0.2, 0) is 5.41 Å². The van der Waals surface area contributed by atoms with Gasteiger partial charge in [0.25, 0.3) is 0 Å². The number of halogens is 2. The van der Waals surface area contributed by atoms with Crippen LogP contribution in [0.2, 0.25) is 10.0 Å². The van der Waals surface area contributed by atoms with Gasteiger partial charge < -0.3 is 0 Å². The van der Waals surface area contributed by atoms with Gasteiger partial charge in [0, 0.05) is 10.0 Å². The molecule has 0 bridgehead atoms. The molecule has 0 unspecified atom stereocenters. The summed E-state index contributed by atoms with van der Waals surface area (Å²) in [6.45, 7) is 0. The lowest BCUT2D eigenvalue weighted by Gasteiger charge is -2.34. The summed E-state index contributed by atoms with van der Waals surface area (Å²) in [5.41, 5.74) is -0.210. The summed E-state index contributed by atoms with van der Waals surface area (Å²) in [7, 11) is 0. The molecule has 1 aliphatic carbocycles. The average Bonchev–Trinajstić information content (AvgIpc) is 3.16. The van der Waals surface area contributed by atoms with Gasteiger partial charge >= 0.3 is 0 Å². The third-order valence-corrected chi connectivity index (χ3v) is 5.31. The SMILES string of the molecule is [2H]c1c([2H])c([2H])c2c(c1[2H])-c1c([2H])c([2H])c([2H])c([2H])c1C2(c1ccccc1)c1cc(Cl)cc(Cl)c1. The maximum atomic E-state index is 8.93. The minimum atomic E-state index is -1.53. The first kappa shape index (κ1) is 10.1. The fourth-order valence-corrected chi connectivity index (χ4v) is 4.42. The van der Waals surface area contributed by atoms with Crippen molar-refractivity contribution in [3.05, 3.63) is 129 Å². The molecule has 0 N–H and O–H groups in total. The van der Waals surface area contributed by atoms with Gasteiger partial charge in [-0.2, -0.15) is 0 Å². The minimum absolute atomic E-state index is 0.0398. The molecule has 4 aromatic rings. The van der Waals surface area contributed by atoms with E-state index in [2.05, 4.69) is 0 Å². The molecule has 0 nitrogen and oxygen atoms in total. The zero-order valence-corrected chi connectivity index (χ0v) is 15.4. The summed E-state index contributed by atoms with van der Waals surface area (Å²) in [6.07, 6.45) is 0. The van der Waals surface area contributed by atoms with Gasteiger partial charge in [-0.1, -0.05) is 102 Å². The molecule has 0 atom stereocenters. The van der Waals surface area contributed by atoms with Gasteiger partial charge in [-0.3, -0.25) is 0 Å². The third-order valence-electron chi connectivity index (χ3n) is 4.88. The number of hydrogen-bond acceptors (Lipinski definition) is 0. The van der Waals surface area contributed by atoms with E-state index in [-0.39, 0.29) is 56.5 Å². The van der Waals surface area contributed by atoms with E-state index in [9.17, 15) is 0 Å². The van der Waals surface area contributed by atoms with Crippen LogP contribution in [0.1, 0.15) is 33.2 Å². The van der Waals surface area contributed by atoms with Crippen molar-refractivity contribution in [3.8, 4) is 11.1 Å². The Morgan fingerprint density at radius 2 is 1.15 bits per heavy atom. The Labute approximate surface area is 180 Å². The van der Waals surface area contributed by atoms with Crippen molar-refractivity contribution in [2.24, 2.45) is 0 Å². The summed E-state index contributed by atoms with van der Waals surface area (Å²) in [4.78, 5) is 0. The van der Waals surface area contributed by atoms with Crippen LogP contribution < -0.4 is 0 Å². The molecule has 0 fully saturated rings. The Morgan fingerprint density at radius 1 is 0.630 bits per heavy atom. The van der Waals surface area contributed by atoms with Gasteiger partial charge in [0.2, 0.25) is 0 Å². The highest BCUT2D eigenvalue weighted by Crippen LogP contribution is 2.56. The molecule has 2 heteroatoms. The van der Waals surface area contributed by atoms with Crippen molar-refractivity contribution >= 4 is 23.2 Å². The van der Waals surface area contributed by atoms with Gasteiger partial charge in [-0.15, -0.1) is 0 Å². The first-order valence-corrected chi connectivity index (χ1v) is 9.03. The van der Waals surface area contributed by atoms with Gasteiger partial charge in [0.15, 0.2) is 0 Å². The lowest BCUT2D eigenvalue weighted by molar-refractivity contribution is 0.768. The molecule has 130 valence electrons. The molecule has 0 amide bonds. The normalized spacial score (nSPS) is 18.0. The van der Waals surface area contributed by atoms with Crippen LogP contribution in [0, 0.1) is 0 Å². The first-order chi connectivity index (χ1) is 16.5. The Morgan fingerprint density at radius 3 is 1.70 bits per heavy atom. The number of fused-ring (bicyclic) bond motifs is 3. The van der Waals surface area contributed by atoms with Crippen molar-refractivity contribution < 1.29 is 11.0 Å². The molecule has 4 aromatic carbocycles. The summed E-state index contributed by atoms with van der Waals surface area (Å²) < 4.78 is 68.7. The molecule has 27 heavy (non-hydrogen) atoms. The van der Waals surface area contributed by atoms with E-state index in [1.807, 2.05) is 0 Å². The largest absolute Gasteiger partial charge is 0.0843 e. The van der Waals surface area contributed by atoms with Crippen molar-refractivity contribution in [3.63, 3.8) is 0 Å². The van der Waals surface area contributed by atoms with Crippen molar-refractivity contribution in [1.29, 1.82) is 0 Å². The van der Waals surface area contributed by atoms with Crippen molar-refractivity contribution in [2.45, 2.75) is 5.41 Å². The van der Waals surface area contributed by atoms with Crippen molar-refractivity contribution in [2.75, 3.05) is 0 Å². The molecule has 0 aromatic heterocycles. The summed E-state index contributed by atoms with van der Waals surface area (Å²) >= 11 is 12.8. The van der Waals surface area contributed by atoms with E-state index < -0.39 is 29.6 Å². The monoisotopic (exact) mass is 394 g/mol. The zero-order chi connectivity index (χ0) is 25.4. The third kappa shape index (κ3) is 2.37. The highest BCUT2D eigenvalue weighted by atomic mass is 35.5. The molecule has 1 aliphatic rings. The zero-order valence-electron chi connectivity index (χ0n) is 21.9. The summed E-state index contributed by atoms with van der Waals surface area (Å²) in [5.74, 6) is 0. The van der Waals surface area contributed by atoms with Crippen LogP contribution >= 0.6 is 23.2 Å². The Balaban J connectivity index is 2.18. The number of benzene rings is 4. The topological polar surface area (TPSA) is 0 Å². The fourth-order valence-electron chi connectivity index (χ4n) is 3.89. The smallest absolute Gasteiger partial charge is 0.0714 e. The maximum absolute atomic E-state index is 8.93. The van der Waals surface area contributed by atoms with E-state index in [0.717, 1.165) is 0 Å². The van der Waals surface area contributed by atoms with E-state index in [1.165, 1.54) is 6.07 Å². The van der Waals surface area contributed by atoms with Gasteiger partial charge in [0.05, 0.1) is 16.4 Å². The van der Waals surface area contributed by atoms with E-state index >= 15 is 0 Å². The first-order valence-electron chi connectivity index (χ1n) is 12.3. The average molecular weight is 395 g/mol. The maximum Gasteiger partial charge on any atom is 0.0714 e. The van der Waals surface area contributed by atoms with Crippen LogP contribution in [0.4, 0.5) is 0 Å². The van der Waals surface area contributed by atoms with Gasteiger partial charge in [0.1, 0.15) is 0 Å². The Hall–Kier alpha value is -2.54. The number of rotatable bonds is 2. The van der Waals surface area contributed by atoms with Crippen LogP contribution in [0.3, 0.4) is 0 Å². The predicted molar refractivity (Wildman–Crippen MR) is 114 cm³/mol. The van der Waals surface area contributed by atoms with Crippen LogP contribution in [-0.4, -0.2) is 0 Å². The van der Waals surface area contributed by atoms with Gasteiger partial charge in [-0.05, 0) is 51.6 Å². The standard InChI is InChI=1S/C25H16Cl2/c26-19-14-18(15-20(27)16-19)25(17-8-2-1-3-9-17)23-12-6-4-10-21(23)22-11-5-7-13-24(22)25/h1-16H/i4D,5D,6D,7D,10D,11D,12D,13D. The molecule has 0 saturated carbocycles. The molecule has 5 rings (SSSR count). The quantitative estimate of drug-likeness (QED) is 0.293. The Kier molecular flexibility index (Phi) is 2.35.